The monoisotopic (exact) mass is 282 g/mol. The van der Waals surface area contributed by atoms with E-state index in [1.807, 2.05) is 7.05 Å². The van der Waals surface area contributed by atoms with Crippen molar-refractivity contribution in [3.05, 3.63) is 0 Å². The predicted octanol–water partition coefficient (Wildman–Crippen LogP) is 2.27. The second kappa shape index (κ2) is 7.30. The van der Waals surface area contributed by atoms with Crippen LogP contribution in [-0.2, 0) is 0 Å². The normalized spacial score (nSPS) is 20.9. The van der Waals surface area contributed by atoms with Gasteiger partial charge in [-0.2, -0.15) is 0 Å². The Morgan fingerprint density at radius 2 is 2.00 bits per heavy atom. The molecule has 1 heterocycles. The SMILES string of the molecule is CN=C(NCC(CC(C)C)N(C)C)N1CCC(C)(C)C1. The lowest BCUT2D eigenvalue weighted by atomic mass is 9.93. The molecule has 4 nitrogen and oxygen atoms in total. The molecule has 4 heteroatoms. The number of guanidine groups is 1. The van der Waals surface area contributed by atoms with Gasteiger partial charge in [0.25, 0.3) is 0 Å². The molecular formula is C16H34N4. The van der Waals surface area contributed by atoms with E-state index in [0.29, 0.717) is 11.5 Å². The largest absolute Gasteiger partial charge is 0.355 e. The van der Waals surface area contributed by atoms with Crippen LogP contribution in [0.1, 0.15) is 40.5 Å². The molecule has 1 atom stereocenters. The van der Waals surface area contributed by atoms with Crippen LogP contribution in [0, 0.1) is 11.3 Å². The summed E-state index contributed by atoms with van der Waals surface area (Å²) in [7, 11) is 6.22. The van der Waals surface area contributed by atoms with Gasteiger partial charge < -0.3 is 15.1 Å². The molecule has 0 aliphatic carbocycles. The number of likely N-dealkylation sites (tertiary alicyclic amines) is 1. The second-order valence-corrected chi connectivity index (χ2v) is 7.51. The molecule has 1 aliphatic rings. The zero-order valence-electron chi connectivity index (χ0n) is 14.5. The summed E-state index contributed by atoms with van der Waals surface area (Å²) < 4.78 is 0. The molecule has 0 radical (unpaired) electrons. The molecule has 0 bridgehead atoms. The number of nitrogens with zero attached hydrogens (tertiary/aromatic N) is 3. The minimum absolute atomic E-state index is 0.413. The van der Waals surface area contributed by atoms with Crippen LogP contribution < -0.4 is 5.32 Å². The van der Waals surface area contributed by atoms with Gasteiger partial charge in [0.05, 0.1) is 0 Å². The van der Waals surface area contributed by atoms with E-state index in [0.717, 1.165) is 31.5 Å². The molecular weight excluding hydrogens is 248 g/mol. The third kappa shape index (κ3) is 5.31. The van der Waals surface area contributed by atoms with E-state index in [1.54, 1.807) is 0 Å². The Hall–Kier alpha value is -0.770. The van der Waals surface area contributed by atoms with Crippen LogP contribution in [0.2, 0.25) is 0 Å². The van der Waals surface area contributed by atoms with Gasteiger partial charge in [-0.1, -0.05) is 27.7 Å². The minimum Gasteiger partial charge on any atom is -0.355 e. The maximum atomic E-state index is 4.46. The van der Waals surface area contributed by atoms with Crippen molar-refractivity contribution in [3.63, 3.8) is 0 Å². The molecule has 118 valence electrons. The van der Waals surface area contributed by atoms with E-state index in [-0.39, 0.29) is 0 Å². The summed E-state index contributed by atoms with van der Waals surface area (Å²) in [6, 6.07) is 0.558. The second-order valence-electron chi connectivity index (χ2n) is 7.51. The summed E-state index contributed by atoms with van der Waals surface area (Å²) in [6.07, 6.45) is 2.46. The van der Waals surface area contributed by atoms with E-state index < -0.39 is 0 Å². The van der Waals surface area contributed by atoms with E-state index in [1.165, 1.54) is 12.8 Å². The first-order chi connectivity index (χ1) is 9.25. The Bertz CT molecular complexity index is 320. The number of likely N-dealkylation sites (N-methyl/N-ethyl adjacent to an activating group) is 1. The Labute approximate surface area is 125 Å². The molecule has 0 aromatic heterocycles. The smallest absolute Gasteiger partial charge is 0.193 e. The number of hydrogen-bond donors (Lipinski definition) is 1. The van der Waals surface area contributed by atoms with Gasteiger partial charge in [-0.15, -0.1) is 0 Å². The van der Waals surface area contributed by atoms with Crippen LogP contribution in [0.5, 0.6) is 0 Å². The van der Waals surface area contributed by atoms with Crippen molar-refractivity contribution in [2.75, 3.05) is 40.8 Å². The lowest BCUT2D eigenvalue weighted by Gasteiger charge is -2.29. The standard InChI is InChI=1S/C16H34N4/c1-13(2)10-14(19(6)7)11-18-15(17-5)20-9-8-16(3,4)12-20/h13-14H,8-12H2,1-7H3,(H,17,18). The van der Waals surface area contributed by atoms with E-state index in [9.17, 15) is 0 Å². The maximum absolute atomic E-state index is 4.46. The van der Waals surface area contributed by atoms with Gasteiger partial charge in [0, 0.05) is 32.7 Å². The molecule has 1 aliphatic heterocycles. The number of rotatable bonds is 5. The first-order valence-electron chi connectivity index (χ1n) is 7.87. The molecule has 1 rings (SSSR count). The Balaban J connectivity index is 2.52. The number of aliphatic imine (C=N–C) groups is 1. The molecule has 1 fully saturated rings. The van der Waals surface area contributed by atoms with Gasteiger partial charge in [0.1, 0.15) is 0 Å². The predicted molar refractivity (Wildman–Crippen MR) is 88.3 cm³/mol. The highest BCUT2D eigenvalue weighted by atomic mass is 15.3. The van der Waals surface area contributed by atoms with Crippen molar-refractivity contribution >= 4 is 5.96 Å². The molecule has 0 spiro atoms. The number of nitrogens with one attached hydrogen (secondary N) is 1. The van der Waals surface area contributed by atoms with Crippen LogP contribution in [0.3, 0.4) is 0 Å². The summed E-state index contributed by atoms with van der Waals surface area (Å²) in [5, 5.41) is 3.57. The summed E-state index contributed by atoms with van der Waals surface area (Å²) >= 11 is 0. The molecule has 1 saturated heterocycles. The molecule has 1 unspecified atom stereocenters. The topological polar surface area (TPSA) is 30.9 Å². The van der Waals surface area contributed by atoms with Crippen LogP contribution in [-0.4, -0.2) is 62.6 Å². The molecule has 0 saturated carbocycles. The summed E-state index contributed by atoms with van der Waals surface area (Å²) in [4.78, 5) is 9.16. The lowest BCUT2D eigenvalue weighted by molar-refractivity contribution is 0.252. The van der Waals surface area contributed by atoms with Gasteiger partial charge in [-0.25, -0.2) is 0 Å². The maximum Gasteiger partial charge on any atom is 0.193 e. The highest BCUT2D eigenvalue weighted by molar-refractivity contribution is 5.80. The summed E-state index contributed by atoms with van der Waals surface area (Å²) in [6.45, 7) is 12.4. The fourth-order valence-electron chi connectivity index (χ4n) is 2.86. The van der Waals surface area contributed by atoms with Crippen LogP contribution >= 0.6 is 0 Å². The number of hydrogen-bond acceptors (Lipinski definition) is 2. The van der Waals surface area contributed by atoms with E-state index in [2.05, 4.69) is 61.9 Å². The van der Waals surface area contributed by atoms with Crippen molar-refractivity contribution in [1.29, 1.82) is 0 Å². The Kier molecular flexibility index (Phi) is 6.31. The fraction of sp³-hybridized carbons (Fsp3) is 0.938. The Morgan fingerprint density at radius 1 is 1.35 bits per heavy atom. The lowest BCUT2D eigenvalue weighted by Crippen LogP contribution is -2.47. The van der Waals surface area contributed by atoms with Gasteiger partial charge in [-0.3, -0.25) is 4.99 Å². The van der Waals surface area contributed by atoms with Gasteiger partial charge >= 0.3 is 0 Å². The van der Waals surface area contributed by atoms with Crippen LogP contribution in [0.15, 0.2) is 4.99 Å². The third-order valence-corrected chi connectivity index (χ3v) is 4.16. The van der Waals surface area contributed by atoms with Gasteiger partial charge in [-0.05, 0) is 38.3 Å². The van der Waals surface area contributed by atoms with Crippen molar-refractivity contribution in [3.8, 4) is 0 Å². The molecule has 0 aromatic rings. The van der Waals surface area contributed by atoms with E-state index >= 15 is 0 Å². The zero-order chi connectivity index (χ0) is 15.3. The minimum atomic E-state index is 0.413. The third-order valence-electron chi connectivity index (χ3n) is 4.16. The van der Waals surface area contributed by atoms with Gasteiger partial charge in [0.15, 0.2) is 5.96 Å². The quantitative estimate of drug-likeness (QED) is 0.620. The zero-order valence-corrected chi connectivity index (χ0v) is 14.5. The van der Waals surface area contributed by atoms with Crippen molar-refractivity contribution in [2.24, 2.45) is 16.3 Å². The summed E-state index contributed by atoms with van der Waals surface area (Å²) in [5.74, 6) is 1.78. The summed E-state index contributed by atoms with van der Waals surface area (Å²) in [5.41, 5.74) is 0.413. The van der Waals surface area contributed by atoms with Crippen LogP contribution in [0.25, 0.3) is 0 Å². The highest BCUT2D eigenvalue weighted by Gasteiger charge is 2.31. The average molecular weight is 282 g/mol. The van der Waals surface area contributed by atoms with Crippen molar-refractivity contribution < 1.29 is 0 Å². The van der Waals surface area contributed by atoms with Gasteiger partial charge in [0.2, 0.25) is 0 Å². The molecule has 0 aromatic carbocycles. The van der Waals surface area contributed by atoms with E-state index in [4.69, 9.17) is 0 Å². The first kappa shape index (κ1) is 17.3. The highest BCUT2D eigenvalue weighted by Crippen LogP contribution is 2.28. The molecule has 1 N–H and O–H groups in total. The first-order valence-corrected chi connectivity index (χ1v) is 7.87. The van der Waals surface area contributed by atoms with Crippen LogP contribution in [0.4, 0.5) is 0 Å². The fourth-order valence-corrected chi connectivity index (χ4v) is 2.86. The Morgan fingerprint density at radius 3 is 2.40 bits per heavy atom. The average Bonchev–Trinajstić information content (AvgIpc) is 2.68. The molecule has 0 amide bonds. The van der Waals surface area contributed by atoms with Crippen molar-refractivity contribution in [1.82, 2.24) is 15.1 Å². The van der Waals surface area contributed by atoms with Crippen molar-refractivity contribution in [2.45, 2.75) is 46.6 Å². The molecule has 20 heavy (non-hydrogen) atoms.